The van der Waals surface area contributed by atoms with Gasteiger partial charge < -0.3 is 10.4 Å². The molecule has 1 rings (SSSR count). The van der Waals surface area contributed by atoms with E-state index in [1.54, 1.807) is 6.92 Å². The first-order chi connectivity index (χ1) is 8.54. The summed E-state index contributed by atoms with van der Waals surface area (Å²) in [6.07, 6.45) is 1.19. The van der Waals surface area contributed by atoms with Crippen LogP contribution in [0.4, 0.5) is 0 Å². The van der Waals surface area contributed by atoms with Crippen LogP contribution in [0.5, 0.6) is 5.75 Å². The van der Waals surface area contributed by atoms with Gasteiger partial charge >= 0.3 is 11.8 Å². The number of benzene rings is 1. The van der Waals surface area contributed by atoms with Crippen molar-refractivity contribution in [1.82, 2.24) is 10.7 Å². The quantitative estimate of drug-likeness (QED) is 0.427. The molecule has 0 heterocycles. The molecule has 3 N–H and O–H groups in total. The summed E-state index contributed by atoms with van der Waals surface area (Å²) in [6, 6.07) is 4.38. The number of nitrogens with zero attached hydrogens (tertiary/aromatic N) is 1. The number of carbonyl (C=O) groups is 2. The fraction of sp³-hybridized carbons (Fsp3) is 0.182. The van der Waals surface area contributed by atoms with Crippen LogP contribution in [0.2, 0.25) is 5.02 Å². The van der Waals surface area contributed by atoms with Crippen LogP contribution in [0, 0.1) is 0 Å². The molecule has 0 aliphatic heterocycles. The maximum Gasteiger partial charge on any atom is 0.329 e. The summed E-state index contributed by atoms with van der Waals surface area (Å²) in [5.74, 6) is -1.69. The Morgan fingerprint density at radius 1 is 1.44 bits per heavy atom. The Balaban J connectivity index is 2.62. The Hall–Kier alpha value is -2.08. The lowest BCUT2D eigenvalue weighted by atomic mass is 10.2. The molecule has 0 fully saturated rings. The molecule has 0 saturated carbocycles. The van der Waals surface area contributed by atoms with Crippen molar-refractivity contribution in [2.45, 2.75) is 6.92 Å². The third-order valence-electron chi connectivity index (χ3n) is 1.90. The largest absolute Gasteiger partial charge is 0.507 e. The maximum atomic E-state index is 11.1. The predicted octanol–water partition coefficient (Wildman–Crippen LogP) is 0.632. The van der Waals surface area contributed by atoms with Gasteiger partial charge in [0.05, 0.1) is 6.21 Å². The lowest BCUT2D eigenvalue weighted by Crippen LogP contribution is -2.37. The van der Waals surface area contributed by atoms with Gasteiger partial charge in [0, 0.05) is 17.1 Å². The molecule has 0 spiro atoms. The zero-order valence-corrected chi connectivity index (χ0v) is 10.4. The third kappa shape index (κ3) is 4.06. The molecule has 0 atom stereocenters. The first-order valence-electron chi connectivity index (χ1n) is 5.14. The predicted molar refractivity (Wildman–Crippen MR) is 67.5 cm³/mol. The monoisotopic (exact) mass is 269 g/mol. The topological polar surface area (TPSA) is 90.8 Å². The minimum atomic E-state index is -0.880. The summed E-state index contributed by atoms with van der Waals surface area (Å²) in [5, 5.41) is 15.7. The van der Waals surface area contributed by atoms with Crippen molar-refractivity contribution >= 4 is 29.6 Å². The van der Waals surface area contributed by atoms with Crippen LogP contribution in [0.3, 0.4) is 0 Å². The van der Waals surface area contributed by atoms with Gasteiger partial charge in [-0.15, -0.1) is 0 Å². The number of hydrogen-bond donors (Lipinski definition) is 3. The van der Waals surface area contributed by atoms with Gasteiger partial charge in [-0.2, -0.15) is 5.10 Å². The van der Waals surface area contributed by atoms with E-state index in [-0.39, 0.29) is 5.75 Å². The van der Waals surface area contributed by atoms with Gasteiger partial charge in [-0.05, 0) is 25.1 Å². The normalized spacial score (nSPS) is 10.3. The molecule has 1 aromatic rings. The van der Waals surface area contributed by atoms with E-state index in [2.05, 4.69) is 10.4 Å². The lowest BCUT2D eigenvalue weighted by Gasteiger charge is -2.00. The van der Waals surface area contributed by atoms with Crippen molar-refractivity contribution in [2.75, 3.05) is 6.54 Å². The highest BCUT2D eigenvalue weighted by Gasteiger charge is 2.10. The van der Waals surface area contributed by atoms with Crippen LogP contribution in [0.1, 0.15) is 12.5 Å². The van der Waals surface area contributed by atoms with Crippen LogP contribution in [0.15, 0.2) is 23.3 Å². The van der Waals surface area contributed by atoms with Crippen molar-refractivity contribution in [2.24, 2.45) is 5.10 Å². The van der Waals surface area contributed by atoms with E-state index < -0.39 is 11.8 Å². The molecule has 1 aromatic carbocycles. The SMILES string of the molecule is CCNC(=O)C(=O)N/N=C\c1cc(Cl)ccc1O. The number of hydrazone groups is 1. The highest BCUT2D eigenvalue weighted by atomic mass is 35.5. The fourth-order valence-electron chi connectivity index (χ4n) is 1.08. The molecule has 0 saturated heterocycles. The van der Waals surface area contributed by atoms with Crippen molar-refractivity contribution in [3.8, 4) is 5.75 Å². The number of likely N-dealkylation sites (N-methyl/N-ethyl adjacent to an activating group) is 1. The number of rotatable bonds is 3. The third-order valence-corrected chi connectivity index (χ3v) is 2.14. The van der Waals surface area contributed by atoms with Gasteiger partial charge in [0.1, 0.15) is 5.75 Å². The molecular weight excluding hydrogens is 258 g/mol. The highest BCUT2D eigenvalue weighted by Crippen LogP contribution is 2.19. The zero-order valence-electron chi connectivity index (χ0n) is 9.61. The highest BCUT2D eigenvalue weighted by molar-refractivity contribution is 6.35. The van der Waals surface area contributed by atoms with Gasteiger partial charge in [-0.3, -0.25) is 9.59 Å². The summed E-state index contributed by atoms with van der Waals surface area (Å²) in [7, 11) is 0. The summed E-state index contributed by atoms with van der Waals surface area (Å²) in [6.45, 7) is 2.05. The smallest absolute Gasteiger partial charge is 0.329 e. The van der Waals surface area contributed by atoms with Crippen molar-refractivity contribution in [3.63, 3.8) is 0 Å². The zero-order chi connectivity index (χ0) is 13.5. The standard InChI is InChI=1S/C11H12ClN3O3/c1-2-13-10(17)11(18)15-14-6-7-5-8(12)3-4-9(7)16/h3-6,16H,2H2,1H3,(H,13,17)(H,15,18)/b14-6-. The number of phenols is 1. The average Bonchev–Trinajstić information content (AvgIpc) is 2.33. The number of aromatic hydroxyl groups is 1. The van der Waals surface area contributed by atoms with Crippen molar-refractivity contribution in [3.05, 3.63) is 28.8 Å². The molecule has 2 amide bonds. The van der Waals surface area contributed by atoms with Crippen LogP contribution in [-0.4, -0.2) is 29.7 Å². The Bertz CT molecular complexity index is 488. The molecule has 18 heavy (non-hydrogen) atoms. The molecule has 7 heteroatoms. The first-order valence-corrected chi connectivity index (χ1v) is 5.52. The van der Waals surface area contributed by atoms with E-state index in [4.69, 9.17) is 11.6 Å². The fourth-order valence-corrected chi connectivity index (χ4v) is 1.26. The van der Waals surface area contributed by atoms with Crippen molar-refractivity contribution in [1.29, 1.82) is 0 Å². The summed E-state index contributed by atoms with van der Waals surface area (Å²) in [5.41, 5.74) is 2.36. The molecule has 0 radical (unpaired) electrons. The van der Waals surface area contributed by atoms with Gasteiger partial charge in [0.15, 0.2) is 0 Å². The number of hydrogen-bond acceptors (Lipinski definition) is 4. The van der Waals surface area contributed by atoms with Gasteiger partial charge in [-0.1, -0.05) is 11.6 Å². The van der Waals surface area contributed by atoms with Crippen LogP contribution < -0.4 is 10.7 Å². The Morgan fingerprint density at radius 3 is 2.83 bits per heavy atom. The summed E-state index contributed by atoms with van der Waals surface area (Å²) >= 11 is 5.73. The molecular formula is C11H12ClN3O3. The minimum absolute atomic E-state index is 0.0320. The summed E-state index contributed by atoms with van der Waals surface area (Å²) in [4.78, 5) is 22.2. The molecule has 0 bridgehead atoms. The number of nitrogens with one attached hydrogen (secondary N) is 2. The number of phenolic OH excluding ortho intramolecular Hbond substituents is 1. The van der Waals surface area contributed by atoms with E-state index >= 15 is 0 Å². The molecule has 6 nitrogen and oxygen atoms in total. The Kier molecular flexibility index (Phi) is 5.13. The van der Waals surface area contributed by atoms with Gasteiger partial charge in [0.2, 0.25) is 0 Å². The van der Waals surface area contributed by atoms with Gasteiger partial charge in [0.25, 0.3) is 0 Å². The second-order valence-corrected chi connectivity index (χ2v) is 3.70. The van der Waals surface area contributed by atoms with Gasteiger partial charge in [-0.25, -0.2) is 5.43 Å². The minimum Gasteiger partial charge on any atom is -0.507 e. The second kappa shape index (κ2) is 6.61. The molecule has 0 aliphatic rings. The van der Waals surface area contributed by atoms with E-state index in [1.807, 2.05) is 5.43 Å². The van der Waals surface area contributed by atoms with E-state index in [0.29, 0.717) is 17.1 Å². The lowest BCUT2D eigenvalue weighted by molar-refractivity contribution is -0.139. The first kappa shape index (κ1) is 14.0. The van der Waals surface area contributed by atoms with E-state index in [0.717, 1.165) is 0 Å². The molecule has 0 aliphatic carbocycles. The van der Waals surface area contributed by atoms with Crippen LogP contribution >= 0.6 is 11.6 Å². The van der Waals surface area contributed by atoms with Crippen LogP contribution in [0.25, 0.3) is 0 Å². The molecule has 0 unspecified atom stereocenters. The van der Waals surface area contributed by atoms with E-state index in [1.165, 1.54) is 24.4 Å². The average molecular weight is 270 g/mol. The Morgan fingerprint density at radius 2 is 2.17 bits per heavy atom. The van der Waals surface area contributed by atoms with Crippen LogP contribution in [-0.2, 0) is 9.59 Å². The second-order valence-electron chi connectivity index (χ2n) is 3.26. The van der Waals surface area contributed by atoms with E-state index in [9.17, 15) is 14.7 Å². The number of amides is 2. The molecule has 96 valence electrons. The number of halogens is 1. The summed E-state index contributed by atoms with van der Waals surface area (Å²) < 4.78 is 0. The maximum absolute atomic E-state index is 11.1. The number of carbonyl (C=O) groups excluding carboxylic acids is 2. The van der Waals surface area contributed by atoms with Crippen molar-refractivity contribution < 1.29 is 14.7 Å². The molecule has 0 aromatic heterocycles. The Labute approximate surface area is 109 Å².